The number of hydrogen-bond acceptors (Lipinski definition) is 26. The third-order valence-corrected chi connectivity index (χ3v) is 20.8. The van der Waals surface area contributed by atoms with Crippen molar-refractivity contribution >= 4 is 79.5 Å². The van der Waals surface area contributed by atoms with Crippen molar-refractivity contribution in [3.63, 3.8) is 0 Å². The summed E-state index contributed by atoms with van der Waals surface area (Å²) in [6.45, 7) is 56.8. The number of H-pyrrole nitrogens is 8. The fraction of sp³-hybridized carbons (Fsp3) is 0.514. The van der Waals surface area contributed by atoms with Crippen LogP contribution in [0.5, 0.6) is 0 Å². The molecule has 139 heavy (non-hydrogen) atoms. The Kier molecular flexibility index (Phi) is 71.4. The minimum Gasteiger partial charge on any atom is -0.392 e. The van der Waals surface area contributed by atoms with Gasteiger partial charge in [0, 0.05) is 145 Å². The average molecular weight is 1940 g/mol. The number of thiazole rings is 1. The number of nitrogens with zero attached hydrogens (tertiary/aromatic N) is 17. The van der Waals surface area contributed by atoms with Crippen LogP contribution in [0.3, 0.4) is 0 Å². The first-order valence-corrected chi connectivity index (χ1v) is 46.4. The van der Waals surface area contributed by atoms with Gasteiger partial charge in [-0.25, -0.2) is 54.8 Å². The quantitative estimate of drug-likeness (QED) is 0.0764. The lowest BCUT2D eigenvalue weighted by Crippen LogP contribution is -2.35. The number of imidazole rings is 8. The smallest absolute Gasteiger partial charge is 0.197 e. The number of pyridine rings is 3. The number of rotatable bonds is 2. The zero-order chi connectivity index (χ0) is 97.3. The van der Waals surface area contributed by atoms with Crippen LogP contribution in [0.2, 0.25) is 0 Å². The lowest BCUT2D eigenvalue weighted by Gasteiger charge is -2.23. The molecule has 17 heterocycles. The first-order chi connectivity index (χ1) is 63.0. The van der Waals surface area contributed by atoms with E-state index in [0.29, 0.717) is 41.1 Å². The largest absolute Gasteiger partial charge is 0.392 e. The number of nitrogens with one attached hydrogen (secondary N) is 13. The first kappa shape index (κ1) is 132. The number of anilines is 3. The highest BCUT2D eigenvalue weighted by Crippen LogP contribution is 2.25. The Bertz CT molecular complexity index is 5020. The number of amidine groups is 4. The lowest BCUT2D eigenvalue weighted by molar-refractivity contribution is 0.384. The normalized spacial score (nSPS) is 14.8. The molecule has 0 spiro atoms. The van der Waals surface area contributed by atoms with Crippen LogP contribution >= 0.6 is 11.3 Å². The molecule has 20 rings (SSSR count). The van der Waals surface area contributed by atoms with Crippen molar-refractivity contribution in [3.8, 4) is 0 Å². The van der Waals surface area contributed by atoms with Crippen LogP contribution < -0.4 is 43.8 Å². The molecule has 1 aromatic carbocycles. The molecule has 4 atom stereocenters. The van der Waals surface area contributed by atoms with Crippen molar-refractivity contribution in [2.45, 2.75) is 326 Å². The summed E-state index contributed by atoms with van der Waals surface area (Å²) in [5.41, 5.74) is 33.6. The van der Waals surface area contributed by atoms with E-state index in [9.17, 15) is 0 Å². The van der Waals surface area contributed by atoms with Gasteiger partial charge in [-0.05, 0) is 278 Å². The van der Waals surface area contributed by atoms with E-state index >= 15 is 0 Å². The van der Waals surface area contributed by atoms with Crippen LogP contribution in [0.25, 0.3) is 22.2 Å². The van der Waals surface area contributed by atoms with Crippen molar-refractivity contribution in [1.29, 1.82) is 0 Å². The number of aromatic nitrogens is 20. The standard InChI is InChI=1S/C8H14N2.C8H12N2.C8H8N2.C7H7N3.C6H12N2.2C6H10N2.C6H8N2.C6H11N.C6H7N.C5H8N2.C5H10N2.C5H11N.C4H7N3.C4H6N2S.C4H8N2.C4H6N2.7CH4/c3*1-6-9-7-4-2-3-5-8(7)10-6;1-5-9-6-3-2-4-8-7(6)10-5;3*1-4-5(2)8-6(3)7-4;1-5-3-2-4-6(7)8-5;2*1-6-4-2-3-5-7-6;1-4-3-6-5(2)7-4;1-5-6-3-2-4-7-5;1-4-5(2)6-3;2*1-3-2-6-4(5)7-3;2*1-4-5-2-3-6-4;;;;;;;/h7-8H,2-5H2,1H3,(H,9,10);2-5H2,1H3,(H,9,10);2-5H,1H3,(H,9,10);2-4H,1H3,(H,8,9,10);4-5H,1-3H3,(H,7,8);2*1-3H3,(H,7,8);2-4H,1H3,(H2,7,8);2-5H2,1H3;2-5H,1H3;3H,1-2H3,(H,6,7);2-4H2,1H3,(H,6,7);6H,2,4H2,1,3H3;2H,1H3,(H3,5,6,7);2H,1H3,(H2,5,6);2-3H2,1H3,(H,5,6);2-3H,1H3,(H,5,6);7*1H4. The number of aryl methyl sites for hydroxylation is 18. The molecule has 2 aliphatic carbocycles. The van der Waals surface area contributed by atoms with Crippen molar-refractivity contribution < 1.29 is 0 Å². The van der Waals surface area contributed by atoms with Gasteiger partial charge in [0.2, 0.25) is 0 Å². The maximum Gasteiger partial charge on any atom is 0.197 e. The maximum absolute atomic E-state index is 5.35. The molecule has 0 saturated heterocycles. The van der Waals surface area contributed by atoms with E-state index in [-0.39, 0.29) is 52.0 Å². The molecule has 4 unspecified atom stereocenters. The average Bonchev–Trinajstić information content (AvgIpc) is 1.72. The number of allylic oxidation sites excluding steroid dienone is 1. The second-order valence-corrected chi connectivity index (χ2v) is 33.7. The summed E-state index contributed by atoms with van der Waals surface area (Å²) >= 11 is 1.51. The van der Waals surface area contributed by atoms with Crippen LogP contribution in [-0.2, 0) is 12.8 Å². The molecular formula is C105H183N33S. The van der Waals surface area contributed by atoms with Gasteiger partial charge in [-0.15, -0.1) is 11.3 Å². The molecule has 12 aromatic heterocycles. The molecule has 7 aliphatic rings. The number of benzene rings is 1. The van der Waals surface area contributed by atoms with Gasteiger partial charge in [0.15, 0.2) is 16.7 Å². The minimum atomic E-state index is 0. The van der Waals surface area contributed by atoms with Crippen molar-refractivity contribution in [2.75, 3.05) is 57.0 Å². The number of aliphatic imine (C=N–C) groups is 5. The summed E-state index contributed by atoms with van der Waals surface area (Å²) < 4.78 is 0. The first-order valence-electron chi connectivity index (χ1n) is 45.6. The molecule has 19 N–H and O–H groups in total. The van der Waals surface area contributed by atoms with Crippen molar-refractivity contribution in [1.82, 2.24) is 126 Å². The Hall–Kier alpha value is -13.0. The van der Waals surface area contributed by atoms with E-state index < -0.39 is 0 Å². The molecule has 1 saturated carbocycles. The number of para-hydroxylation sites is 2. The number of aromatic amines is 8. The molecule has 0 amide bonds. The number of nitrogen functional groups attached to an aromatic ring is 3. The van der Waals surface area contributed by atoms with Gasteiger partial charge in [-0.2, -0.15) is 0 Å². The summed E-state index contributed by atoms with van der Waals surface area (Å²) in [6.07, 6.45) is 28.9. The van der Waals surface area contributed by atoms with E-state index in [1.807, 2.05) is 212 Å². The summed E-state index contributed by atoms with van der Waals surface area (Å²) in [4.78, 5) is 95.3. The topological polar surface area (TPSA) is 481 Å². The summed E-state index contributed by atoms with van der Waals surface area (Å²) in [6, 6.07) is 25.6. The fourth-order valence-corrected chi connectivity index (χ4v) is 13.4. The molecule has 13 aromatic rings. The Balaban J connectivity index is -0.000000696. The predicted octanol–water partition coefficient (Wildman–Crippen LogP) is 22.6. The summed E-state index contributed by atoms with van der Waals surface area (Å²) in [7, 11) is 1.88. The van der Waals surface area contributed by atoms with Crippen LogP contribution in [0.1, 0.15) is 281 Å². The molecule has 1 fully saturated rings. The second kappa shape index (κ2) is 75.1. The van der Waals surface area contributed by atoms with E-state index in [1.165, 1.54) is 117 Å². The Morgan fingerprint density at radius 3 is 1.36 bits per heavy atom. The highest BCUT2D eigenvalue weighted by atomic mass is 32.1. The third kappa shape index (κ3) is 59.7. The third-order valence-electron chi connectivity index (χ3n) is 20.1. The number of hydrogen-bond donors (Lipinski definition) is 16. The maximum atomic E-state index is 5.35. The molecule has 5 aliphatic heterocycles. The zero-order valence-corrected chi connectivity index (χ0v) is 84.3. The van der Waals surface area contributed by atoms with Crippen molar-refractivity contribution in [3.05, 3.63) is 231 Å². The molecule has 774 valence electrons. The van der Waals surface area contributed by atoms with Gasteiger partial charge < -0.3 is 83.7 Å². The minimum absolute atomic E-state index is 0. The van der Waals surface area contributed by atoms with E-state index in [4.69, 9.17) is 17.2 Å². The van der Waals surface area contributed by atoms with Crippen LogP contribution in [-0.4, -0.2) is 193 Å². The molecule has 0 bridgehead atoms. The Labute approximate surface area is 839 Å². The number of fused-ring (bicyclic) bond motifs is 4. The van der Waals surface area contributed by atoms with E-state index in [1.54, 1.807) is 43.2 Å². The van der Waals surface area contributed by atoms with Gasteiger partial charge in [0.05, 0.1) is 75.6 Å². The second-order valence-electron chi connectivity index (χ2n) is 32.4. The van der Waals surface area contributed by atoms with Crippen LogP contribution in [0, 0.1) is 111 Å². The fourth-order valence-electron chi connectivity index (χ4n) is 12.9. The van der Waals surface area contributed by atoms with Gasteiger partial charge in [-0.1, -0.05) is 103 Å². The summed E-state index contributed by atoms with van der Waals surface area (Å²) in [5, 5.41) is 16.4. The van der Waals surface area contributed by atoms with Gasteiger partial charge in [0.1, 0.15) is 46.6 Å². The molecular weight excluding hydrogens is 1760 g/mol. The Morgan fingerprint density at radius 2 is 1.01 bits per heavy atom. The molecule has 0 radical (unpaired) electrons. The number of nitrogens with two attached hydrogens (primary N) is 3. The van der Waals surface area contributed by atoms with Gasteiger partial charge in [-0.3, -0.25) is 29.9 Å². The van der Waals surface area contributed by atoms with Gasteiger partial charge in [0.25, 0.3) is 0 Å². The zero-order valence-electron chi connectivity index (χ0n) is 83.5. The predicted molar refractivity (Wildman–Crippen MR) is 599 cm³/mol. The monoisotopic (exact) mass is 1940 g/mol. The van der Waals surface area contributed by atoms with Crippen LogP contribution in [0.4, 0.5) is 16.9 Å². The highest BCUT2D eigenvalue weighted by molar-refractivity contribution is 7.15. The van der Waals surface area contributed by atoms with Gasteiger partial charge >= 0.3 is 0 Å². The van der Waals surface area contributed by atoms with Crippen LogP contribution in [0.15, 0.2) is 153 Å². The molecule has 34 heteroatoms. The van der Waals surface area contributed by atoms with E-state index in [0.717, 1.165) is 170 Å². The Morgan fingerprint density at radius 1 is 0.446 bits per heavy atom. The highest BCUT2D eigenvalue weighted by Gasteiger charge is 2.29. The summed E-state index contributed by atoms with van der Waals surface area (Å²) in [5.74, 6) is 12.4. The SMILES string of the molecule is C.C.C.C.C.C.C.C=C(CC)NC.CC1=NC(C)C(C)N1.CC1=NC2CCCCC2N1.CC1=NCCCC1.CC1=NCCCN1.CC1=NCCN1.Cc1cccc(N)n1.Cc1ccccn1.Cc1cnc(C)[nH]1.Cc1cnc(N)[nH]1.Cc1cnc(N)s1.Cc1nc(C)c(C)[nH]1.Cc1nc(C)c(C)[nH]1.Cc1nc2c([nH]1)CCCC2.Cc1nc2ccccc2[nH]1.Cc1nc2ncccc2[nH]1.Cc1ncc[nH]1. The molecule has 33 nitrogen and oxygen atoms in total. The van der Waals surface area contributed by atoms with Crippen molar-refractivity contribution in [2.24, 2.45) is 25.0 Å². The lowest BCUT2D eigenvalue weighted by atomic mass is 9.92. The van der Waals surface area contributed by atoms with E-state index in [2.05, 4.69) is 192 Å².